The number of aromatic nitrogens is 1. The van der Waals surface area contributed by atoms with Gasteiger partial charge in [-0.2, -0.15) is 0 Å². The van der Waals surface area contributed by atoms with Crippen molar-refractivity contribution in [2.75, 3.05) is 12.4 Å². The molecule has 1 aromatic heterocycles. The van der Waals surface area contributed by atoms with Gasteiger partial charge in [0.25, 0.3) is 0 Å². The molecule has 27 heavy (non-hydrogen) atoms. The summed E-state index contributed by atoms with van der Waals surface area (Å²) in [6.45, 7) is 10.1. The van der Waals surface area contributed by atoms with Gasteiger partial charge >= 0.3 is 11.8 Å². The van der Waals surface area contributed by atoms with Gasteiger partial charge in [0, 0.05) is 17.3 Å². The van der Waals surface area contributed by atoms with Gasteiger partial charge in [-0.3, -0.25) is 9.59 Å². The summed E-state index contributed by atoms with van der Waals surface area (Å²) < 4.78 is 10.6. The number of hydrogen-bond acceptors (Lipinski definition) is 5. The standard InChI is InChI=1S/C20H27N3O4/c1-19(2,3)11-20(4,5)23-18(25)17(24)22-13-7-8-14(15(9-13)26-6)16-10-21-12-27-16/h7-10,12H,11H2,1-6H3,(H,22,24)(H,23,25). The lowest BCUT2D eigenvalue weighted by Crippen LogP contribution is -2.49. The number of anilines is 1. The second kappa shape index (κ2) is 7.82. The lowest BCUT2D eigenvalue weighted by atomic mass is 9.82. The molecule has 7 heteroatoms. The van der Waals surface area contributed by atoms with E-state index < -0.39 is 17.4 Å². The zero-order chi connectivity index (χ0) is 20.2. The molecule has 1 aromatic carbocycles. The second-order valence-electron chi connectivity index (χ2n) is 8.31. The Labute approximate surface area is 159 Å². The van der Waals surface area contributed by atoms with Gasteiger partial charge in [-0.1, -0.05) is 20.8 Å². The number of carbonyl (C=O) groups excluding carboxylic acids is 2. The van der Waals surface area contributed by atoms with Crippen molar-refractivity contribution in [2.24, 2.45) is 5.41 Å². The predicted molar refractivity (Wildman–Crippen MR) is 103 cm³/mol. The Hall–Kier alpha value is -2.83. The highest BCUT2D eigenvalue weighted by molar-refractivity contribution is 6.39. The Morgan fingerprint density at radius 2 is 1.85 bits per heavy atom. The van der Waals surface area contributed by atoms with Crippen molar-refractivity contribution >= 4 is 17.5 Å². The summed E-state index contributed by atoms with van der Waals surface area (Å²) in [4.78, 5) is 28.4. The van der Waals surface area contributed by atoms with E-state index in [1.54, 1.807) is 24.4 Å². The van der Waals surface area contributed by atoms with E-state index in [-0.39, 0.29) is 5.41 Å². The largest absolute Gasteiger partial charge is 0.496 e. The number of carbonyl (C=O) groups is 2. The van der Waals surface area contributed by atoms with E-state index in [0.717, 1.165) is 6.42 Å². The molecule has 2 aromatic rings. The van der Waals surface area contributed by atoms with Crippen molar-refractivity contribution in [3.05, 3.63) is 30.8 Å². The second-order valence-corrected chi connectivity index (χ2v) is 8.31. The van der Waals surface area contributed by atoms with Crippen LogP contribution in [0.25, 0.3) is 11.3 Å². The number of methoxy groups -OCH3 is 1. The Morgan fingerprint density at radius 1 is 1.15 bits per heavy atom. The van der Waals surface area contributed by atoms with Crippen molar-refractivity contribution < 1.29 is 18.7 Å². The summed E-state index contributed by atoms with van der Waals surface area (Å²) in [5.74, 6) is -0.363. The molecule has 2 N–H and O–H groups in total. The van der Waals surface area contributed by atoms with Crippen LogP contribution in [-0.2, 0) is 9.59 Å². The molecule has 2 amide bonds. The minimum absolute atomic E-state index is 0.0250. The highest BCUT2D eigenvalue weighted by Crippen LogP contribution is 2.32. The molecule has 1 heterocycles. The predicted octanol–water partition coefficient (Wildman–Crippen LogP) is 3.62. The first-order chi connectivity index (χ1) is 12.5. The zero-order valence-electron chi connectivity index (χ0n) is 16.7. The number of amides is 2. The van der Waals surface area contributed by atoms with Gasteiger partial charge in [-0.15, -0.1) is 0 Å². The average molecular weight is 373 g/mol. The lowest BCUT2D eigenvalue weighted by molar-refractivity contribution is -0.137. The number of benzene rings is 1. The third kappa shape index (κ3) is 5.84. The summed E-state index contributed by atoms with van der Waals surface area (Å²) in [5, 5.41) is 5.39. The van der Waals surface area contributed by atoms with Crippen molar-refractivity contribution in [1.82, 2.24) is 10.3 Å². The van der Waals surface area contributed by atoms with Crippen LogP contribution < -0.4 is 15.4 Å². The molecule has 0 saturated heterocycles. The van der Waals surface area contributed by atoms with Crippen LogP contribution in [0.4, 0.5) is 5.69 Å². The van der Waals surface area contributed by atoms with Gasteiger partial charge in [0.15, 0.2) is 12.2 Å². The number of rotatable bonds is 5. The molecule has 0 atom stereocenters. The van der Waals surface area contributed by atoms with Gasteiger partial charge in [0.2, 0.25) is 0 Å². The maximum atomic E-state index is 12.3. The molecule has 146 valence electrons. The first-order valence-electron chi connectivity index (χ1n) is 8.71. The summed E-state index contributed by atoms with van der Waals surface area (Å²) in [6, 6.07) is 5.03. The first kappa shape index (κ1) is 20.5. The van der Waals surface area contributed by atoms with Crippen LogP contribution in [0.2, 0.25) is 0 Å². The van der Waals surface area contributed by atoms with Gasteiger partial charge in [0.1, 0.15) is 5.75 Å². The molecular weight excluding hydrogens is 346 g/mol. The minimum atomic E-state index is -0.730. The maximum absolute atomic E-state index is 12.3. The Bertz CT molecular complexity index is 805. The fourth-order valence-corrected chi connectivity index (χ4v) is 3.24. The van der Waals surface area contributed by atoms with E-state index in [0.29, 0.717) is 22.8 Å². The summed E-state index contributed by atoms with van der Waals surface area (Å²) in [7, 11) is 1.52. The fourth-order valence-electron chi connectivity index (χ4n) is 3.24. The quantitative estimate of drug-likeness (QED) is 0.781. The number of nitrogens with one attached hydrogen (secondary N) is 2. The molecule has 0 aliphatic heterocycles. The Kier molecular flexibility index (Phi) is 5.93. The lowest BCUT2D eigenvalue weighted by Gasteiger charge is -2.33. The molecule has 0 spiro atoms. The average Bonchev–Trinajstić information content (AvgIpc) is 3.05. The monoisotopic (exact) mass is 373 g/mol. The highest BCUT2D eigenvalue weighted by Gasteiger charge is 2.29. The molecule has 0 aliphatic rings. The zero-order valence-corrected chi connectivity index (χ0v) is 16.7. The fraction of sp³-hybridized carbons (Fsp3) is 0.450. The van der Waals surface area contributed by atoms with Crippen LogP contribution in [0.3, 0.4) is 0 Å². The number of oxazole rings is 1. The molecule has 7 nitrogen and oxygen atoms in total. The van der Waals surface area contributed by atoms with E-state index in [4.69, 9.17) is 9.15 Å². The number of hydrogen-bond donors (Lipinski definition) is 2. The van der Waals surface area contributed by atoms with Gasteiger partial charge in [-0.25, -0.2) is 4.98 Å². The topological polar surface area (TPSA) is 93.5 Å². The van der Waals surface area contributed by atoms with Gasteiger partial charge in [-0.05, 0) is 37.8 Å². The first-order valence-corrected chi connectivity index (χ1v) is 8.71. The third-order valence-corrected chi connectivity index (χ3v) is 3.79. The van der Waals surface area contributed by atoms with Gasteiger partial charge < -0.3 is 19.8 Å². The van der Waals surface area contributed by atoms with Crippen molar-refractivity contribution in [3.63, 3.8) is 0 Å². The minimum Gasteiger partial charge on any atom is -0.496 e. The Morgan fingerprint density at radius 3 is 2.41 bits per heavy atom. The Balaban J connectivity index is 2.08. The molecule has 0 saturated carbocycles. The van der Waals surface area contributed by atoms with Gasteiger partial charge in [0.05, 0.1) is 18.9 Å². The number of nitrogens with zero attached hydrogens (tertiary/aromatic N) is 1. The molecule has 0 fully saturated rings. The molecular formula is C20H27N3O4. The van der Waals surface area contributed by atoms with E-state index in [1.165, 1.54) is 13.5 Å². The van der Waals surface area contributed by atoms with E-state index in [1.807, 2.05) is 13.8 Å². The smallest absolute Gasteiger partial charge is 0.313 e. The molecule has 0 unspecified atom stereocenters. The van der Waals surface area contributed by atoms with Crippen molar-refractivity contribution in [2.45, 2.75) is 46.6 Å². The normalized spacial score (nSPS) is 11.8. The molecule has 0 bridgehead atoms. The van der Waals surface area contributed by atoms with Crippen LogP contribution in [0.15, 0.2) is 35.2 Å². The summed E-state index contributed by atoms with van der Waals surface area (Å²) in [5.41, 5.74) is 0.671. The van der Waals surface area contributed by atoms with Crippen molar-refractivity contribution in [3.8, 4) is 17.1 Å². The van der Waals surface area contributed by atoms with Crippen molar-refractivity contribution in [1.29, 1.82) is 0 Å². The molecule has 0 aliphatic carbocycles. The highest BCUT2D eigenvalue weighted by atomic mass is 16.5. The van der Waals surface area contributed by atoms with E-state index in [9.17, 15) is 9.59 Å². The summed E-state index contributed by atoms with van der Waals surface area (Å²) in [6.07, 6.45) is 3.63. The third-order valence-electron chi connectivity index (χ3n) is 3.79. The van der Waals surface area contributed by atoms with E-state index in [2.05, 4.69) is 36.4 Å². The van der Waals surface area contributed by atoms with Crippen LogP contribution in [0.5, 0.6) is 5.75 Å². The molecule has 0 radical (unpaired) electrons. The number of ether oxygens (including phenoxy) is 1. The van der Waals surface area contributed by atoms with E-state index >= 15 is 0 Å². The van der Waals surface area contributed by atoms with Crippen LogP contribution >= 0.6 is 0 Å². The van der Waals surface area contributed by atoms with Crippen LogP contribution in [0, 0.1) is 5.41 Å². The van der Waals surface area contributed by atoms with Crippen LogP contribution in [0.1, 0.15) is 41.0 Å². The summed E-state index contributed by atoms with van der Waals surface area (Å²) >= 11 is 0. The SMILES string of the molecule is COc1cc(NC(=O)C(=O)NC(C)(C)CC(C)(C)C)ccc1-c1cnco1. The maximum Gasteiger partial charge on any atom is 0.313 e. The molecule has 2 rings (SSSR count). The van der Waals surface area contributed by atoms with Crippen LogP contribution in [-0.4, -0.2) is 29.4 Å².